The van der Waals surface area contributed by atoms with Gasteiger partial charge < -0.3 is 24.0 Å². The molecule has 1 saturated heterocycles. The first-order chi connectivity index (χ1) is 21.4. The molecule has 9 heteroatoms. The van der Waals surface area contributed by atoms with Gasteiger partial charge in [-0.2, -0.15) is 0 Å². The fourth-order valence-electron chi connectivity index (χ4n) is 6.97. The van der Waals surface area contributed by atoms with E-state index in [0.29, 0.717) is 32.2 Å². The number of esters is 1. The van der Waals surface area contributed by atoms with Crippen LogP contribution in [0.25, 0.3) is 11.3 Å². The summed E-state index contributed by atoms with van der Waals surface area (Å²) in [5.74, 6) is 1.17. The van der Waals surface area contributed by atoms with Crippen molar-refractivity contribution in [2.75, 3.05) is 31.1 Å². The van der Waals surface area contributed by atoms with Gasteiger partial charge in [0.15, 0.2) is 5.13 Å². The zero-order chi connectivity index (χ0) is 32.1. The molecule has 1 amide bonds. The summed E-state index contributed by atoms with van der Waals surface area (Å²) in [6, 6.07) is 8.42. The molecule has 45 heavy (non-hydrogen) atoms. The molecule has 2 aliphatic heterocycles. The molecule has 1 saturated carbocycles. The lowest BCUT2D eigenvalue weighted by molar-refractivity contribution is -0.150. The van der Waals surface area contributed by atoms with Gasteiger partial charge in [0.1, 0.15) is 18.0 Å². The molecule has 8 nitrogen and oxygen atoms in total. The van der Waals surface area contributed by atoms with Crippen LogP contribution in [-0.4, -0.2) is 53.8 Å². The SMILES string of the molecule is CCOC(=O)[C@@]12CCN(c3nc(-c4cccc(C)c4OCc4cc(C)c5c(c4C)CCN(C(=O)OC(C)(C)C)C5)cs3)CC1C2. The molecule has 1 unspecified atom stereocenters. The lowest BCUT2D eigenvalue weighted by Crippen LogP contribution is -2.40. The normalized spacial score (nSPS) is 20.7. The van der Waals surface area contributed by atoms with Crippen LogP contribution < -0.4 is 9.64 Å². The summed E-state index contributed by atoms with van der Waals surface area (Å²) in [6.45, 7) is 17.7. The molecule has 240 valence electrons. The van der Waals surface area contributed by atoms with Crippen LogP contribution in [-0.2, 0) is 33.8 Å². The molecule has 0 radical (unpaired) electrons. The van der Waals surface area contributed by atoms with Crippen molar-refractivity contribution >= 4 is 28.5 Å². The highest BCUT2D eigenvalue weighted by Crippen LogP contribution is 2.59. The van der Waals surface area contributed by atoms with Crippen LogP contribution in [0.1, 0.15) is 73.9 Å². The van der Waals surface area contributed by atoms with Gasteiger partial charge >= 0.3 is 12.1 Å². The van der Waals surface area contributed by atoms with Crippen molar-refractivity contribution in [1.82, 2.24) is 9.88 Å². The van der Waals surface area contributed by atoms with Crippen molar-refractivity contribution in [1.29, 1.82) is 0 Å². The van der Waals surface area contributed by atoms with Crippen LogP contribution in [0.4, 0.5) is 9.93 Å². The summed E-state index contributed by atoms with van der Waals surface area (Å²) in [5, 5.41) is 3.10. The van der Waals surface area contributed by atoms with Gasteiger partial charge in [-0.3, -0.25) is 4.79 Å². The number of fused-ring (bicyclic) bond motifs is 2. The van der Waals surface area contributed by atoms with Crippen LogP contribution in [0, 0.1) is 32.1 Å². The van der Waals surface area contributed by atoms with Gasteiger partial charge in [-0.15, -0.1) is 11.3 Å². The maximum absolute atomic E-state index is 12.8. The minimum atomic E-state index is -0.513. The predicted molar refractivity (Wildman–Crippen MR) is 177 cm³/mol. The van der Waals surface area contributed by atoms with Crippen LogP contribution in [0.2, 0.25) is 0 Å². The molecule has 3 aliphatic rings. The Hall–Kier alpha value is -3.59. The highest BCUT2D eigenvalue weighted by atomic mass is 32.1. The number of nitrogens with zero attached hydrogens (tertiary/aromatic N) is 3. The lowest BCUT2D eigenvalue weighted by atomic mass is 9.88. The molecule has 0 bridgehead atoms. The number of aryl methyl sites for hydroxylation is 2. The third-order valence-electron chi connectivity index (χ3n) is 9.60. The summed E-state index contributed by atoms with van der Waals surface area (Å²) < 4.78 is 17.6. The third kappa shape index (κ3) is 6.16. The monoisotopic (exact) mass is 631 g/mol. The zero-order valence-electron chi connectivity index (χ0n) is 27.6. The summed E-state index contributed by atoms with van der Waals surface area (Å²) in [4.78, 5) is 34.5. The first kappa shape index (κ1) is 31.4. The van der Waals surface area contributed by atoms with E-state index in [0.717, 1.165) is 65.6 Å². The second-order valence-corrected chi connectivity index (χ2v) is 14.7. The largest absolute Gasteiger partial charge is 0.488 e. The third-order valence-corrected chi connectivity index (χ3v) is 10.5. The number of carbonyl (C=O) groups is 2. The van der Waals surface area contributed by atoms with E-state index in [1.807, 2.05) is 32.6 Å². The number of anilines is 1. The fourth-order valence-corrected chi connectivity index (χ4v) is 7.83. The van der Waals surface area contributed by atoms with Crippen molar-refractivity contribution in [3.63, 3.8) is 0 Å². The molecular weight excluding hydrogens is 586 g/mol. The Bertz CT molecular complexity index is 1630. The Balaban J connectivity index is 1.16. The Morgan fingerprint density at radius 1 is 1.11 bits per heavy atom. The van der Waals surface area contributed by atoms with Crippen LogP contribution in [0.3, 0.4) is 0 Å². The van der Waals surface area contributed by atoms with Crippen LogP contribution >= 0.6 is 11.3 Å². The number of hydrogen-bond acceptors (Lipinski definition) is 8. The smallest absolute Gasteiger partial charge is 0.410 e. The summed E-state index contributed by atoms with van der Waals surface area (Å²) in [6.07, 6.45) is 2.28. The van der Waals surface area contributed by atoms with E-state index >= 15 is 0 Å². The average Bonchev–Trinajstić information content (AvgIpc) is 3.55. The Labute approximate surface area is 270 Å². The van der Waals surface area contributed by atoms with Gasteiger partial charge in [-0.05, 0) is 113 Å². The number of para-hydroxylation sites is 1. The van der Waals surface area contributed by atoms with Gasteiger partial charge in [0.2, 0.25) is 0 Å². The van der Waals surface area contributed by atoms with Gasteiger partial charge in [0.05, 0.1) is 17.7 Å². The van der Waals surface area contributed by atoms with E-state index in [1.165, 1.54) is 22.3 Å². The van der Waals surface area contributed by atoms with E-state index in [-0.39, 0.29) is 17.5 Å². The Morgan fingerprint density at radius 2 is 1.91 bits per heavy atom. The molecule has 2 atom stereocenters. The maximum Gasteiger partial charge on any atom is 0.410 e. The Kier molecular flexibility index (Phi) is 8.35. The van der Waals surface area contributed by atoms with Crippen LogP contribution in [0.5, 0.6) is 5.75 Å². The topological polar surface area (TPSA) is 81.2 Å². The standard InChI is InChI=1S/C36H45N3O5S/c1-8-42-32(40)36-13-15-38(18-26(36)17-36)33-37-30(21-45-33)28-11-9-10-22(2)31(28)43-20-25-16-23(3)29-19-39(14-12-27(29)24(25)4)34(41)44-35(5,6)7/h9-11,16,21,26H,8,12-15,17-20H2,1-7H3/t26?,36-/m1/s1. The number of aromatic nitrogens is 1. The maximum atomic E-state index is 12.8. The predicted octanol–water partition coefficient (Wildman–Crippen LogP) is 7.39. The van der Waals surface area contributed by atoms with E-state index in [2.05, 4.69) is 55.3 Å². The number of carbonyl (C=O) groups excluding carboxylic acids is 2. The zero-order valence-corrected chi connectivity index (χ0v) is 28.4. The van der Waals surface area contributed by atoms with Gasteiger partial charge in [0, 0.05) is 37.1 Å². The molecule has 6 rings (SSSR count). The van der Waals surface area contributed by atoms with E-state index in [4.69, 9.17) is 19.2 Å². The highest BCUT2D eigenvalue weighted by Gasteiger charge is 2.63. The molecule has 1 aliphatic carbocycles. The van der Waals surface area contributed by atoms with Crippen molar-refractivity contribution in [3.05, 3.63) is 63.0 Å². The highest BCUT2D eigenvalue weighted by molar-refractivity contribution is 7.14. The number of amides is 1. The summed E-state index contributed by atoms with van der Waals surface area (Å²) in [5.41, 5.74) is 8.26. The molecule has 0 spiro atoms. The molecule has 2 fully saturated rings. The fraction of sp³-hybridized carbons (Fsp3) is 0.528. The number of thiazole rings is 1. The van der Waals surface area contributed by atoms with Crippen molar-refractivity contribution in [3.8, 4) is 17.0 Å². The van der Waals surface area contributed by atoms with Crippen molar-refractivity contribution in [2.24, 2.45) is 11.3 Å². The number of rotatable bonds is 7. The minimum absolute atomic E-state index is 0.0249. The first-order valence-electron chi connectivity index (χ1n) is 16.1. The molecular formula is C36H45N3O5S. The van der Waals surface area contributed by atoms with Gasteiger partial charge in [0.25, 0.3) is 0 Å². The summed E-state index contributed by atoms with van der Waals surface area (Å²) >= 11 is 1.65. The van der Waals surface area contributed by atoms with E-state index in [1.54, 1.807) is 11.3 Å². The second kappa shape index (κ2) is 12.0. The molecule has 1 aromatic heterocycles. The molecule has 3 aromatic rings. The van der Waals surface area contributed by atoms with Crippen molar-refractivity contribution in [2.45, 2.75) is 86.5 Å². The minimum Gasteiger partial charge on any atom is -0.488 e. The number of piperidine rings is 1. The summed E-state index contributed by atoms with van der Waals surface area (Å²) in [7, 11) is 0. The van der Waals surface area contributed by atoms with Gasteiger partial charge in [-0.25, -0.2) is 9.78 Å². The number of ether oxygens (including phenoxy) is 3. The van der Waals surface area contributed by atoms with E-state index in [9.17, 15) is 9.59 Å². The first-order valence-corrected chi connectivity index (χ1v) is 17.0. The Morgan fingerprint density at radius 3 is 2.64 bits per heavy atom. The van der Waals surface area contributed by atoms with E-state index < -0.39 is 5.60 Å². The molecule has 0 N–H and O–H groups in total. The van der Waals surface area contributed by atoms with Gasteiger partial charge in [-0.1, -0.05) is 18.2 Å². The molecule has 2 aromatic carbocycles. The van der Waals surface area contributed by atoms with Crippen LogP contribution in [0.15, 0.2) is 29.6 Å². The molecule has 3 heterocycles. The lowest BCUT2D eigenvalue weighted by Gasteiger charge is -2.33. The average molecular weight is 632 g/mol. The number of benzene rings is 2. The quantitative estimate of drug-likeness (QED) is 0.252. The van der Waals surface area contributed by atoms with Crippen molar-refractivity contribution < 1.29 is 23.8 Å². The second-order valence-electron chi connectivity index (χ2n) is 13.8. The number of hydrogen-bond donors (Lipinski definition) is 0.